The predicted octanol–water partition coefficient (Wildman–Crippen LogP) is 2.87. The Balaban J connectivity index is 2.25. The van der Waals surface area contributed by atoms with Crippen molar-refractivity contribution in [2.24, 2.45) is 0 Å². The summed E-state index contributed by atoms with van der Waals surface area (Å²) in [7, 11) is -4.33. The van der Waals surface area contributed by atoms with Crippen molar-refractivity contribution in [2.75, 3.05) is 0 Å². The summed E-state index contributed by atoms with van der Waals surface area (Å²) >= 11 is 0. The van der Waals surface area contributed by atoms with Gasteiger partial charge in [0.25, 0.3) is 0 Å². The molecule has 0 aliphatic carbocycles. The van der Waals surface area contributed by atoms with E-state index in [4.69, 9.17) is 0 Å². The van der Waals surface area contributed by atoms with Crippen LogP contribution < -0.4 is 0 Å². The normalized spacial score (nSPS) is 11.2. The lowest BCUT2D eigenvalue weighted by atomic mass is 10.0. The summed E-state index contributed by atoms with van der Waals surface area (Å²) in [5, 5.41) is 29.3. The van der Waals surface area contributed by atoms with E-state index in [0.717, 1.165) is 24.3 Å². The minimum Gasteiger partial charge on any atom is -0.508 e. The molecule has 0 saturated carbocycles. The molecule has 26 heavy (non-hydrogen) atoms. The van der Waals surface area contributed by atoms with Crippen LogP contribution in [0.25, 0.3) is 0 Å². The fourth-order valence-electron chi connectivity index (χ4n) is 2.50. The second kappa shape index (κ2) is 6.53. The smallest absolute Gasteiger partial charge is 0.211 e. The molecule has 0 fully saturated rings. The summed E-state index contributed by atoms with van der Waals surface area (Å²) < 4.78 is 25.9. The van der Waals surface area contributed by atoms with Crippen molar-refractivity contribution in [1.29, 1.82) is 0 Å². The zero-order chi connectivity index (χ0) is 18.9. The van der Waals surface area contributed by atoms with E-state index in [1.807, 2.05) is 0 Å². The number of ketones is 1. The van der Waals surface area contributed by atoms with Crippen LogP contribution in [0.4, 0.5) is 0 Å². The average molecular weight is 370 g/mol. The number of phenolic OH excluding ortho intramolecular Hbond substituents is 3. The standard InChI is InChI=1S/C19H14O6S/c20-13-6-8-14(9-7-13)26(24,25)19-15(10-11-16(21)18(19)23)17(22)12-4-2-1-3-5-12/h1-11,20-21,23H. The Bertz CT molecular complexity index is 1070. The van der Waals surface area contributed by atoms with Crippen LogP contribution in [0.3, 0.4) is 0 Å². The summed E-state index contributed by atoms with van der Waals surface area (Å²) in [5.74, 6) is -2.31. The van der Waals surface area contributed by atoms with Gasteiger partial charge < -0.3 is 15.3 Å². The Morgan fingerprint density at radius 2 is 1.38 bits per heavy atom. The molecule has 0 aliphatic heterocycles. The molecule has 0 heterocycles. The molecule has 0 aromatic heterocycles. The van der Waals surface area contributed by atoms with Gasteiger partial charge in [0.15, 0.2) is 17.3 Å². The van der Waals surface area contributed by atoms with Crippen LogP contribution >= 0.6 is 0 Å². The zero-order valence-electron chi connectivity index (χ0n) is 13.3. The van der Waals surface area contributed by atoms with E-state index >= 15 is 0 Å². The van der Waals surface area contributed by atoms with Gasteiger partial charge in [-0.3, -0.25) is 4.79 Å². The zero-order valence-corrected chi connectivity index (χ0v) is 14.1. The van der Waals surface area contributed by atoms with Crippen LogP contribution in [0.5, 0.6) is 17.2 Å². The quantitative estimate of drug-likeness (QED) is 0.481. The Kier molecular flexibility index (Phi) is 4.40. The summed E-state index contributed by atoms with van der Waals surface area (Å²) in [4.78, 5) is 11.8. The molecule has 0 spiro atoms. The largest absolute Gasteiger partial charge is 0.508 e. The Hall–Kier alpha value is -3.32. The maximum atomic E-state index is 13.0. The van der Waals surface area contributed by atoms with Crippen molar-refractivity contribution in [1.82, 2.24) is 0 Å². The summed E-state index contributed by atoms with van der Waals surface area (Å²) in [5.41, 5.74) is -0.0284. The van der Waals surface area contributed by atoms with Crippen molar-refractivity contribution < 1.29 is 28.5 Å². The van der Waals surface area contributed by atoms with E-state index in [1.54, 1.807) is 18.2 Å². The number of carbonyl (C=O) groups excluding carboxylic acids is 1. The molecule has 3 rings (SSSR count). The molecule has 0 atom stereocenters. The van der Waals surface area contributed by atoms with Gasteiger partial charge in [0.05, 0.1) is 4.90 Å². The van der Waals surface area contributed by atoms with E-state index in [0.29, 0.717) is 0 Å². The molecule has 6 nitrogen and oxygen atoms in total. The SMILES string of the molecule is O=C(c1ccccc1)c1ccc(O)c(O)c1S(=O)(=O)c1ccc(O)cc1. The van der Waals surface area contributed by atoms with Crippen molar-refractivity contribution >= 4 is 15.6 Å². The maximum Gasteiger partial charge on any atom is 0.211 e. The van der Waals surface area contributed by atoms with Crippen molar-refractivity contribution in [3.8, 4) is 17.2 Å². The third-order valence-electron chi connectivity index (χ3n) is 3.81. The maximum absolute atomic E-state index is 13.0. The van der Waals surface area contributed by atoms with Gasteiger partial charge in [-0.1, -0.05) is 30.3 Å². The fraction of sp³-hybridized carbons (Fsp3) is 0. The molecular formula is C19H14O6S. The third-order valence-corrected chi connectivity index (χ3v) is 5.65. The Morgan fingerprint density at radius 3 is 2.00 bits per heavy atom. The van der Waals surface area contributed by atoms with E-state index in [9.17, 15) is 28.5 Å². The molecule has 132 valence electrons. The van der Waals surface area contributed by atoms with Gasteiger partial charge in [-0.2, -0.15) is 0 Å². The highest BCUT2D eigenvalue weighted by Gasteiger charge is 2.30. The predicted molar refractivity (Wildman–Crippen MR) is 93.2 cm³/mol. The topological polar surface area (TPSA) is 112 Å². The molecule has 3 aromatic carbocycles. The van der Waals surface area contributed by atoms with E-state index in [1.165, 1.54) is 24.3 Å². The highest BCUT2D eigenvalue weighted by molar-refractivity contribution is 7.91. The first kappa shape index (κ1) is 17.5. The van der Waals surface area contributed by atoms with Crippen LogP contribution in [0.15, 0.2) is 76.5 Å². The van der Waals surface area contributed by atoms with Crippen LogP contribution in [0, 0.1) is 0 Å². The molecule has 0 aliphatic rings. The lowest BCUT2D eigenvalue weighted by molar-refractivity contribution is 0.103. The van der Waals surface area contributed by atoms with Gasteiger partial charge in [-0.15, -0.1) is 0 Å². The van der Waals surface area contributed by atoms with Gasteiger partial charge in [0, 0.05) is 11.1 Å². The first-order chi connectivity index (χ1) is 12.3. The van der Waals surface area contributed by atoms with Crippen molar-refractivity contribution in [3.05, 3.63) is 77.9 Å². The fourth-order valence-corrected chi connectivity index (χ4v) is 4.04. The number of aromatic hydroxyl groups is 3. The molecule has 7 heteroatoms. The average Bonchev–Trinajstić information content (AvgIpc) is 2.64. The van der Waals surface area contributed by atoms with E-state index in [-0.39, 0.29) is 21.8 Å². The van der Waals surface area contributed by atoms with Gasteiger partial charge in [-0.05, 0) is 36.4 Å². The number of carbonyl (C=O) groups is 1. The molecule has 0 bridgehead atoms. The second-order valence-electron chi connectivity index (χ2n) is 5.50. The number of hydrogen-bond donors (Lipinski definition) is 3. The Morgan fingerprint density at radius 1 is 0.769 bits per heavy atom. The second-order valence-corrected chi connectivity index (χ2v) is 7.39. The minimum absolute atomic E-state index is 0.135. The van der Waals surface area contributed by atoms with Crippen LogP contribution in [0.1, 0.15) is 15.9 Å². The highest BCUT2D eigenvalue weighted by Crippen LogP contribution is 2.39. The molecular weight excluding hydrogens is 356 g/mol. The first-order valence-corrected chi connectivity index (χ1v) is 8.99. The molecule has 0 unspecified atom stereocenters. The van der Waals surface area contributed by atoms with Gasteiger partial charge in [0.1, 0.15) is 10.6 Å². The lowest BCUT2D eigenvalue weighted by Gasteiger charge is -2.13. The summed E-state index contributed by atoms with van der Waals surface area (Å²) in [6, 6.07) is 14.8. The van der Waals surface area contributed by atoms with Crippen molar-refractivity contribution in [3.63, 3.8) is 0 Å². The number of phenols is 3. The molecule has 0 radical (unpaired) electrons. The van der Waals surface area contributed by atoms with E-state index < -0.39 is 32.0 Å². The van der Waals surface area contributed by atoms with Gasteiger partial charge in [-0.25, -0.2) is 8.42 Å². The number of hydrogen-bond acceptors (Lipinski definition) is 6. The van der Waals surface area contributed by atoms with Crippen LogP contribution in [0.2, 0.25) is 0 Å². The molecule has 0 saturated heterocycles. The van der Waals surface area contributed by atoms with Crippen molar-refractivity contribution in [2.45, 2.75) is 9.79 Å². The van der Waals surface area contributed by atoms with Gasteiger partial charge in [0.2, 0.25) is 9.84 Å². The first-order valence-electron chi connectivity index (χ1n) is 7.51. The summed E-state index contributed by atoms with van der Waals surface area (Å²) in [6.45, 7) is 0. The van der Waals surface area contributed by atoms with Gasteiger partial charge >= 0.3 is 0 Å². The monoisotopic (exact) mass is 370 g/mol. The van der Waals surface area contributed by atoms with Crippen LogP contribution in [-0.2, 0) is 9.84 Å². The highest BCUT2D eigenvalue weighted by atomic mass is 32.2. The summed E-state index contributed by atoms with van der Waals surface area (Å²) in [6.07, 6.45) is 0. The number of rotatable bonds is 4. The van der Waals surface area contributed by atoms with E-state index in [2.05, 4.69) is 0 Å². The number of benzene rings is 3. The van der Waals surface area contributed by atoms with Crippen LogP contribution in [-0.4, -0.2) is 29.5 Å². The number of sulfone groups is 1. The molecule has 3 aromatic rings. The third kappa shape index (κ3) is 3.00. The molecule has 3 N–H and O–H groups in total. The minimum atomic E-state index is -4.33. The molecule has 0 amide bonds. The Labute approximate surface area is 149 Å². The lowest BCUT2D eigenvalue weighted by Crippen LogP contribution is -2.11.